The molecular formula is C14H22N4O. The van der Waals surface area contributed by atoms with Crippen LogP contribution in [0.5, 0.6) is 0 Å². The van der Waals surface area contributed by atoms with Crippen LogP contribution in [0.4, 0.5) is 5.69 Å². The average molecular weight is 262 g/mol. The summed E-state index contributed by atoms with van der Waals surface area (Å²) in [6.45, 7) is 5.10. The molecule has 5 nitrogen and oxygen atoms in total. The lowest BCUT2D eigenvalue weighted by Crippen LogP contribution is -2.45. The Bertz CT molecular complexity index is 435. The Morgan fingerprint density at radius 3 is 3.16 bits per heavy atom. The number of nitrogens with one attached hydrogen (secondary N) is 1. The molecule has 1 aromatic rings. The molecule has 1 amide bonds. The third-order valence-electron chi connectivity index (χ3n) is 3.58. The fraction of sp³-hybridized carbons (Fsp3) is 0.571. The third kappa shape index (κ3) is 3.44. The second-order valence-corrected chi connectivity index (χ2v) is 4.91. The molecule has 3 N–H and O–H groups in total. The molecule has 1 unspecified atom stereocenters. The van der Waals surface area contributed by atoms with Gasteiger partial charge in [-0.15, -0.1) is 0 Å². The zero-order chi connectivity index (χ0) is 13.7. The van der Waals surface area contributed by atoms with E-state index >= 15 is 0 Å². The van der Waals surface area contributed by atoms with Crippen LogP contribution in [0.25, 0.3) is 0 Å². The van der Waals surface area contributed by atoms with E-state index in [-0.39, 0.29) is 0 Å². The van der Waals surface area contributed by atoms with Gasteiger partial charge in [0.05, 0.1) is 0 Å². The van der Waals surface area contributed by atoms with Gasteiger partial charge in [0.25, 0.3) is 5.91 Å². The summed E-state index contributed by atoms with van der Waals surface area (Å²) in [7, 11) is 0. The molecule has 2 rings (SSSR count). The summed E-state index contributed by atoms with van der Waals surface area (Å²) < 4.78 is 0. The average Bonchev–Trinajstić information content (AvgIpc) is 2.45. The number of rotatable bonds is 5. The van der Waals surface area contributed by atoms with E-state index in [2.05, 4.69) is 22.1 Å². The molecule has 1 aliphatic heterocycles. The molecule has 1 aliphatic rings. The molecule has 0 saturated carbocycles. The van der Waals surface area contributed by atoms with Gasteiger partial charge in [0.1, 0.15) is 5.69 Å². The summed E-state index contributed by atoms with van der Waals surface area (Å²) in [5.41, 5.74) is 6.68. The molecule has 1 saturated heterocycles. The lowest BCUT2D eigenvalue weighted by atomic mass is 10.0. The standard InChI is InChI=1S/C14H22N4O/c1-2-16-10-12-5-3-4-8-18(12)11-6-7-17-13(9-11)14(15)19/h6-7,9,12,16H,2-5,8,10H2,1H3,(H2,15,19). The molecule has 1 aromatic heterocycles. The number of likely N-dealkylation sites (N-methyl/N-ethyl adjacent to an activating group) is 1. The number of nitrogens with two attached hydrogens (primary N) is 1. The minimum absolute atomic E-state index is 0.338. The highest BCUT2D eigenvalue weighted by molar-refractivity contribution is 5.91. The molecule has 2 heterocycles. The first-order chi connectivity index (χ1) is 9.22. The van der Waals surface area contributed by atoms with Crippen LogP contribution in [0.15, 0.2) is 18.3 Å². The number of anilines is 1. The molecule has 19 heavy (non-hydrogen) atoms. The first-order valence-electron chi connectivity index (χ1n) is 6.95. The van der Waals surface area contributed by atoms with Crippen LogP contribution in [-0.4, -0.2) is 36.6 Å². The Hall–Kier alpha value is -1.62. The number of carbonyl (C=O) groups excluding carboxylic acids is 1. The molecule has 1 fully saturated rings. The zero-order valence-electron chi connectivity index (χ0n) is 11.4. The Morgan fingerprint density at radius 1 is 1.58 bits per heavy atom. The van der Waals surface area contributed by atoms with E-state index in [0.29, 0.717) is 11.7 Å². The van der Waals surface area contributed by atoms with Crippen molar-refractivity contribution in [2.24, 2.45) is 5.73 Å². The summed E-state index contributed by atoms with van der Waals surface area (Å²) in [6, 6.07) is 4.24. The van der Waals surface area contributed by atoms with Crippen molar-refractivity contribution in [3.05, 3.63) is 24.0 Å². The molecular weight excluding hydrogens is 240 g/mol. The van der Waals surface area contributed by atoms with Crippen LogP contribution in [0.3, 0.4) is 0 Å². The molecule has 104 valence electrons. The van der Waals surface area contributed by atoms with Crippen LogP contribution in [0.1, 0.15) is 36.7 Å². The van der Waals surface area contributed by atoms with E-state index < -0.39 is 5.91 Å². The first-order valence-corrected chi connectivity index (χ1v) is 6.95. The summed E-state index contributed by atoms with van der Waals surface area (Å²) in [5, 5.41) is 3.41. The lowest BCUT2D eigenvalue weighted by Gasteiger charge is -2.37. The maximum atomic E-state index is 11.2. The van der Waals surface area contributed by atoms with Gasteiger partial charge in [0.15, 0.2) is 0 Å². The van der Waals surface area contributed by atoms with Gasteiger partial charge in [-0.05, 0) is 37.9 Å². The number of hydrogen-bond acceptors (Lipinski definition) is 4. The molecule has 1 atom stereocenters. The van der Waals surface area contributed by atoms with Crippen LogP contribution in [-0.2, 0) is 0 Å². The second kappa shape index (κ2) is 6.52. The lowest BCUT2D eigenvalue weighted by molar-refractivity contribution is 0.0995. The number of nitrogens with zero attached hydrogens (tertiary/aromatic N) is 2. The van der Waals surface area contributed by atoms with E-state index in [4.69, 9.17) is 5.73 Å². The Kier molecular flexibility index (Phi) is 4.74. The summed E-state index contributed by atoms with van der Waals surface area (Å²) in [6.07, 6.45) is 5.30. The second-order valence-electron chi connectivity index (χ2n) is 4.91. The number of primary amides is 1. The molecule has 0 radical (unpaired) electrons. The van der Waals surface area contributed by atoms with Crippen molar-refractivity contribution >= 4 is 11.6 Å². The fourth-order valence-corrected chi connectivity index (χ4v) is 2.60. The Balaban J connectivity index is 2.16. The summed E-state index contributed by atoms with van der Waals surface area (Å²) in [5.74, 6) is -0.470. The maximum Gasteiger partial charge on any atom is 0.267 e. The molecule has 5 heteroatoms. The molecule has 0 aromatic carbocycles. The SMILES string of the molecule is CCNCC1CCCCN1c1ccnc(C(N)=O)c1. The van der Waals surface area contributed by atoms with Gasteiger partial charge in [-0.25, -0.2) is 0 Å². The quantitative estimate of drug-likeness (QED) is 0.835. The van der Waals surface area contributed by atoms with E-state index in [1.54, 1.807) is 12.3 Å². The monoisotopic (exact) mass is 262 g/mol. The zero-order valence-corrected chi connectivity index (χ0v) is 11.4. The van der Waals surface area contributed by atoms with E-state index in [1.165, 1.54) is 19.3 Å². The van der Waals surface area contributed by atoms with Crippen molar-refractivity contribution in [3.63, 3.8) is 0 Å². The van der Waals surface area contributed by atoms with Gasteiger partial charge in [0, 0.05) is 31.0 Å². The Labute approximate surface area is 114 Å². The predicted octanol–water partition coefficient (Wildman–Crippen LogP) is 1.15. The van der Waals surface area contributed by atoms with Crippen molar-refractivity contribution in [1.82, 2.24) is 10.3 Å². The fourth-order valence-electron chi connectivity index (χ4n) is 2.60. The normalized spacial score (nSPS) is 19.4. The number of hydrogen-bond donors (Lipinski definition) is 2. The van der Waals surface area contributed by atoms with Crippen molar-refractivity contribution in [2.45, 2.75) is 32.2 Å². The van der Waals surface area contributed by atoms with Gasteiger partial charge >= 0.3 is 0 Å². The van der Waals surface area contributed by atoms with Crippen LogP contribution >= 0.6 is 0 Å². The summed E-state index contributed by atoms with van der Waals surface area (Å²) in [4.78, 5) is 17.6. The minimum atomic E-state index is -0.470. The van der Waals surface area contributed by atoms with Crippen molar-refractivity contribution < 1.29 is 4.79 Å². The largest absolute Gasteiger partial charge is 0.367 e. The highest BCUT2D eigenvalue weighted by Crippen LogP contribution is 2.24. The highest BCUT2D eigenvalue weighted by Gasteiger charge is 2.22. The van der Waals surface area contributed by atoms with Crippen molar-refractivity contribution in [2.75, 3.05) is 24.5 Å². The molecule has 0 bridgehead atoms. The maximum absolute atomic E-state index is 11.2. The van der Waals surface area contributed by atoms with Gasteiger partial charge < -0.3 is 16.0 Å². The smallest absolute Gasteiger partial charge is 0.267 e. The predicted molar refractivity (Wildman–Crippen MR) is 76.3 cm³/mol. The van der Waals surface area contributed by atoms with Gasteiger partial charge in [-0.2, -0.15) is 0 Å². The van der Waals surface area contributed by atoms with Crippen molar-refractivity contribution in [3.8, 4) is 0 Å². The van der Waals surface area contributed by atoms with E-state index in [1.807, 2.05) is 6.07 Å². The number of pyridine rings is 1. The van der Waals surface area contributed by atoms with E-state index in [0.717, 1.165) is 25.3 Å². The number of piperidine rings is 1. The first kappa shape index (κ1) is 13.8. The minimum Gasteiger partial charge on any atom is -0.367 e. The van der Waals surface area contributed by atoms with Crippen LogP contribution in [0.2, 0.25) is 0 Å². The topological polar surface area (TPSA) is 71.2 Å². The summed E-state index contributed by atoms with van der Waals surface area (Å²) >= 11 is 0. The van der Waals surface area contributed by atoms with Crippen LogP contribution < -0.4 is 16.0 Å². The third-order valence-corrected chi connectivity index (χ3v) is 3.58. The van der Waals surface area contributed by atoms with Crippen molar-refractivity contribution in [1.29, 1.82) is 0 Å². The molecule has 0 aliphatic carbocycles. The van der Waals surface area contributed by atoms with Gasteiger partial charge in [0.2, 0.25) is 0 Å². The number of aromatic nitrogens is 1. The van der Waals surface area contributed by atoms with E-state index in [9.17, 15) is 4.79 Å². The Morgan fingerprint density at radius 2 is 2.42 bits per heavy atom. The van der Waals surface area contributed by atoms with Gasteiger partial charge in [-0.3, -0.25) is 9.78 Å². The molecule has 0 spiro atoms. The number of carbonyl (C=O) groups is 1. The number of amides is 1. The highest BCUT2D eigenvalue weighted by atomic mass is 16.1. The van der Waals surface area contributed by atoms with Gasteiger partial charge in [-0.1, -0.05) is 6.92 Å². The van der Waals surface area contributed by atoms with Crippen LogP contribution in [0, 0.1) is 0 Å².